The second-order valence-electron chi connectivity index (χ2n) is 4.13. The molecule has 0 fully saturated rings. The molecular formula is C14H9Cl4F. The zero-order chi connectivity index (χ0) is 14.2. The maximum absolute atomic E-state index is 13.9. The standard InChI is InChI=1S/C14H9Cl4F/c1-7-11(16)12(17)9(13(18)14(7)19)6-8-4-2-3-5-10(8)15/h2-5H,6H2,1H3. The summed E-state index contributed by atoms with van der Waals surface area (Å²) in [5.41, 5.74) is 1.51. The molecule has 2 aromatic carbocycles. The molecule has 0 aliphatic rings. The summed E-state index contributed by atoms with van der Waals surface area (Å²) in [4.78, 5) is 0. The molecule has 0 amide bonds. The highest BCUT2D eigenvalue weighted by atomic mass is 35.5. The van der Waals surface area contributed by atoms with Crippen molar-refractivity contribution in [1.29, 1.82) is 0 Å². The highest BCUT2D eigenvalue weighted by molar-refractivity contribution is 6.44. The van der Waals surface area contributed by atoms with Crippen molar-refractivity contribution in [1.82, 2.24) is 0 Å². The quantitative estimate of drug-likeness (QED) is 0.561. The summed E-state index contributed by atoms with van der Waals surface area (Å²) in [6.45, 7) is 1.54. The minimum atomic E-state index is -0.543. The van der Waals surface area contributed by atoms with Crippen molar-refractivity contribution in [2.24, 2.45) is 0 Å². The first kappa shape index (κ1) is 14.9. The zero-order valence-corrected chi connectivity index (χ0v) is 12.9. The van der Waals surface area contributed by atoms with Crippen LogP contribution in [0, 0.1) is 12.7 Å². The molecule has 2 rings (SSSR count). The minimum absolute atomic E-state index is 0.00757. The summed E-state index contributed by atoms with van der Waals surface area (Å²) in [7, 11) is 0. The smallest absolute Gasteiger partial charge is 0.146 e. The van der Waals surface area contributed by atoms with Gasteiger partial charge in [0.05, 0.1) is 15.1 Å². The summed E-state index contributed by atoms with van der Waals surface area (Å²) in [5.74, 6) is -0.543. The Morgan fingerprint density at radius 2 is 1.58 bits per heavy atom. The van der Waals surface area contributed by atoms with E-state index in [1.807, 2.05) is 18.2 Å². The van der Waals surface area contributed by atoms with E-state index in [1.54, 1.807) is 6.07 Å². The van der Waals surface area contributed by atoms with Crippen LogP contribution in [0.15, 0.2) is 24.3 Å². The topological polar surface area (TPSA) is 0 Å². The highest BCUT2D eigenvalue weighted by Gasteiger charge is 2.19. The van der Waals surface area contributed by atoms with Gasteiger partial charge in [0.15, 0.2) is 0 Å². The van der Waals surface area contributed by atoms with E-state index in [9.17, 15) is 4.39 Å². The summed E-state index contributed by atoms with van der Waals surface area (Å²) in [5, 5.41) is 1.02. The summed E-state index contributed by atoms with van der Waals surface area (Å²) in [6.07, 6.45) is 0.328. The fourth-order valence-electron chi connectivity index (χ4n) is 1.77. The van der Waals surface area contributed by atoms with Crippen LogP contribution in [0.3, 0.4) is 0 Å². The van der Waals surface area contributed by atoms with Crippen molar-refractivity contribution in [2.45, 2.75) is 13.3 Å². The van der Waals surface area contributed by atoms with Crippen LogP contribution in [-0.2, 0) is 6.42 Å². The molecular weight excluding hydrogens is 329 g/mol. The Hall–Kier alpha value is -0.470. The molecule has 100 valence electrons. The molecule has 2 aromatic rings. The van der Waals surface area contributed by atoms with Crippen molar-refractivity contribution < 1.29 is 4.39 Å². The lowest BCUT2D eigenvalue weighted by atomic mass is 10.0. The van der Waals surface area contributed by atoms with E-state index in [0.29, 0.717) is 17.0 Å². The molecule has 0 bridgehead atoms. The molecule has 19 heavy (non-hydrogen) atoms. The van der Waals surface area contributed by atoms with Crippen LogP contribution in [0.4, 0.5) is 4.39 Å². The van der Waals surface area contributed by atoms with E-state index in [-0.39, 0.29) is 20.6 Å². The third-order valence-corrected chi connectivity index (χ3v) is 4.65. The minimum Gasteiger partial charge on any atom is -0.205 e. The maximum Gasteiger partial charge on any atom is 0.146 e. The Labute approximate surface area is 131 Å². The van der Waals surface area contributed by atoms with Crippen LogP contribution in [0.2, 0.25) is 20.1 Å². The Morgan fingerprint density at radius 3 is 2.21 bits per heavy atom. The van der Waals surface area contributed by atoms with Crippen molar-refractivity contribution in [2.75, 3.05) is 0 Å². The molecule has 0 unspecified atom stereocenters. The maximum atomic E-state index is 13.9. The van der Waals surface area contributed by atoms with Crippen molar-refractivity contribution in [3.8, 4) is 0 Å². The molecule has 0 atom stereocenters. The van der Waals surface area contributed by atoms with Gasteiger partial charge in [-0.2, -0.15) is 0 Å². The molecule has 0 aliphatic heterocycles. The number of rotatable bonds is 2. The molecule has 0 heterocycles. The lowest BCUT2D eigenvalue weighted by Gasteiger charge is -2.13. The Kier molecular flexibility index (Phi) is 4.62. The second kappa shape index (κ2) is 5.88. The Morgan fingerprint density at radius 1 is 0.947 bits per heavy atom. The van der Waals surface area contributed by atoms with Gasteiger partial charge in [-0.15, -0.1) is 0 Å². The van der Waals surface area contributed by atoms with Gasteiger partial charge in [-0.05, 0) is 24.1 Å². The lowest BCUT2D eigenvalue weighted by molar-refractivity contribution is 0.617. The predicted octanol–water partition coefficient (Wildman–Crippen LogP) is 6.34. The van der Waals surface area contributed by atoms with Crippen LogP contribution < -0.4 is 0 Å². The van der Waals surface area contributed by atoms with E-state index >= 15 is 0 Å². The van der Waals surface area contributed by atoms with Gasteiger partial charge in [0.2, 0.25) is 0 Å². The van der Waals surface area contributed by atoms with Gasteiger partial charge in [0.1, 0.15) is 5.82 Å². The first-order valence-corrected chi connectivity index (χ1v) is 6.99. The molecule has 0 aromatic heterocycles. The van der Waals surface area contributed by atoms with Gasteiger partial charge in [0.25, 0.3) is 0 Å². The van der Waals surface area contributed by atoms with Gasteiger partial charge in [-0.3, -0.25) is 0 Å². The van der Waals surface area contributed by atoms with Crippen LogP contribution in [-0.4, -0.2) is 0 Å². The van der Waals surface area contributed by atoms with E-state index in [2.05, 4.69) is 0 Å². The zero-order valence-electron chi connectivity index (χ0n) is 9.91. The largest absolute Gasteiger partial charge is 0.205 e. The molecule has 0 N–H and O–H groups in total. The third kappa shape index (κ3) is 2.85. The van der Waals surface area contributed by atoms with Crippen molar-refractivity contribution >= 4 is 46.4 Å². The summed E-state index contributed by atoms with van der Waals surface area (Å²) < 4.78 is 13.9. The molecule has 0 spiro atoms. The molecule has 0 saturated heterocycles. The van der Waals surface area contributed by atoms with Crippen molar-refractivity contribution in [3.05, 3.63) is 66.9 Å². The van der Waals surface area contributed by atoms with Gasteiger partial charge >= 0.3 is 0 Å². The first-order valence-electron chi connectivity index (χ1n) is 5.48. The first-order chi connectivity index (χ1) is 8.93. The van der Waals surface area contributed by atoms with E-state index in [4.69, 9.17) is 46.4 Å². The molecule has 0 saturated carbocycles. The molecule has 0 aliphatic carbocycles. The lowest BCUT2D eigenvalue weighted by Crippen LogP contribution is -1.98. The SMILES string of the molecule is Cc1c(F)c(Cl)c(Cc2ccccc2Cl)c(Cl)c1Cl. The second-order valence-corrected chi connectivity index (χ2v) is 5.67. The van der Waals surface area contributed by atoms with Gasteiger partial charge in [0, 0.05) is 17.0 Å². The predicted molar refractivity (Wildman–Crippen MR) is 80.4 cm³/mol. The highest BCUT2D eigenvalue weighted by Crippen LogP contribution is 2.38. The number of hydrogen-bond acceptors (Lipinski definition) is 0. The van der Waals surface area contributed by atoms with Crippen LogP contribution in [0.25, 0.3) is 0 Å². The Balaban J connectivity index is 2.56. The number of hydrogen-bond donors (Lipinski definition) is 0. The normalized spacial score (nSPS) is 10.8. The van der Waals surface area contributed by atoms with E-state index in [1.165, 1.54) is 6.92 Å². The molecule has 5 heteroatoms. The molecule has 0 radical (unpaired) electrons. The van der Waals surface area contributed by atoms with Crippen molar-refractivity contribution in [3.63, 3.8) is 0 Å². The van der Waals surface area contributed by atoms with Gasteiger partial charge in [-0.25, -0.2) is 4.39 Å². The van der Waals surface area contributed by atoms with Crippen LogP contribution >= 0.6 is 46.4 Å². The van der Waals surface area contributed by atoms with Gasteiger partial charge in [-0.1, -0.05) is 64.6 Å². The average Bonchev–Trinajstić information content (AvgIpc) is 2.41. The van der Waals surface area contributed by atoms with Crippen LogP contribution in [0.1, 0.15) is 16.7 Å². The summed E-state index contributed by atoms with van der Waals surface area (Å²) in [6, 6.07) is 7.25. The number of benzene rings is 2. The third-order valence-electron chi connectivity index (χ3n) is 2.90. The molecule has 0 nitrogen and oxygen atoms in total. The number of halogens is 5. The van der Waals surface area contributed by atoms with Crippen LogP contribution in [0.5, 0.6) is 0 Å². The fourth-order valence-corrected chi connectivity index (χ4v) is 2.83. The fraction of sp³-hybridized carbons (Fsp3) is 0.143. The van der Waals surface area contributed by atoms with E-state index < -0.39 is 5.82 Å². The average molecular weight is 338 g/mol. The summed E-state index contributed by atoms with van der Waals surface area (Å²) >= 11 is 24.2. The monoisotopic (exact) mass is 336 g/mol. The van der Waals surface area contributed by atoms with Gasteiger partial charge < -0.3 is 0 Å². The Bertz CT molecular complexity index is 609. The van der Waals surface area contributed by atoms with E-state index in [0.717, 1.165) is 5.56 Å².